The molecule has 15 heteroatoms. The number of nitrogens with zero attached hydrogens (tertiary/aromatic N) is 3. The van der Waals surface area contributed by atoms with Gasteiger partial charge in [-0.2, -0.15) is 12.7 Å². The minimum Gasteiger partial charge on any atom is -1.00 e. The third-order valence-electron chi connectivity index (χ3n) is 7.64. The monoisotopic (exact) mass is 643 g/mol. The average Bonchev–Trinajstić information content (AvgIpc) is 2.97. The maximum atomic E-state index is 15.6. The second-order valence-electron chi connectivity index (χ2n) is 10.3. The molecule has 2 fully saturated rings. The molecule has 0 radical (unpaired) electrons. The van der Waals surface area contributed by atoms with E-state index >= 15 is 4.39 Å². The zero-order valence-electron chi connectivity index (χ0n) is 24.6. The molecule has 0 aliphatic carbocycles. The Morgan fingerprint density at radius 1 is 0.955 bits per heavy atom. The molecule has 0 saturated carbocycles. The van der Waals surface area contributed by atoms with E-state index in [9.17, 15) is 31.9 Å². The Bertz CT molecular complexity index is 1610. The van der Waals surface area contributed by atoms with Gasteiger partial charge < -0.3 is 21.1 Å². The maximum Gasteiger partial charge on any atom is 1.00 e. The number of β-lactam (4-membered cyclic amide) rings is 1. The summed E-state index contributed by atoms with van der Waals surface area (Å²) in [6.07, 6.45) is -1.51. The number of carbonyl (C=O) groups is 2. The number of rotatable bonds is 8. The van der Waals surface area contributed by atoms with E-state index in [-0.39, 0.29) is 87.2 Å². The quantitative estimate of drug-likeness (QED) is 0.216. The van der Waals surface area contributed by atoms with Crippen molar-refractivity contribution in [3.63, 3.8) is 0 Å². The summed E-state index contributed by atoms with van der Waals surface area (Å²) in [5.41, 5.74) is 0.939. The van der Waals surface area contributed by atoms with Crippen LogP contribution in [0.4, 0.5) is 23.7 Å². The second kappa shape index (κ2) is 14.0. The fourth-order valence-electron chi connectivity index (χ4n) is 5.34. The number of hydrogen-bond donors (Lipinski definition) is 2. The van der Waals surface area contributed by atoms with Crippen LogP contribution >= 0.6 is 0 Å². The second-order valence-corrected chi connectivity index (χ2v) is 11.7. The van der Waals surface area contributed by atoms with Crippen LogP contribution in [-0.4, -0.2) is 65.5 Å². The van der Waals surface area contributed by atoms with Crippen molar-refractivity contribution in [3.8, 4) is 5.75 Å². The number of aliphatic hydroxyl groups is 1. The number of ether oxygens (including phenoxy) is 1. The van der Waals surface area contributed by atoms with Crippen molar-refractivity contribution >= 4 is 28.0 Å². The minimum atomic E-state index is -4.38. The van der Waals surface area contributed by atoms with E-state index in [1.165, 1.54) is 70.5 Å². The standard InChI is InChI=1S/C29H28F3N3O7S.Na.H/c30-19-3-1-18(2-4-19)26(36)12-11-24-27(35(28(24)37)21-7-5-20(31)6-8-21)23-10-9-22(17-25(23)32)42-29(38)33-13-15-34(16-14-33)43(39,40)41;;/h1-10,17,24,26-27,36H,11-16H2,(H,39,40,41);;/q;+1;-1/t24-,26+,27-;;/m1../s1. The summed E-state index contributed by atoms with van der Waals surface area (Å²) in [5.74, 6) is -2.93. The summed E-state index contributed by atoms with van der Waals surface area (Å²) >= 11 is 0. The van der Waals surface area contributed by atoms with Gasteiger partial charge in [-0.3, -0.25) is 9.35 Å². The number of carbonyl (C=O) groups excluding carboxylic acids is 2. The molecule has 2 amide bonds. The van der Waals surface area contributed by atoms with Crippen LogP contribution in [0.2, 0.25) is 0 Å². The van der Waals surface area contributed by atoms with Gasteiger partial charge in [0.2, 0.25) is 5.91 Å². The number of benzene rings is 3. The SMILES string of the molecule is O=C(Oc1ccc([C@@H]2[C@@H](CC[C@H](O)c3ccc(F)cc3)C(=O)N2c2ccc(F)cc2)c(F)c1)N1CCN(S(=O)(=O)O)CC1.[H-].[Na+]. The van der Waals surface area contributed by atoms with Crippen LogP contribution in [0.15, 0.2) is 66.7 Å². The van der Waals surface area contributed by atoms with E-state index in [0.29, 0.717) is 11.3 Å². The summed E-state index contributed by atoms with van der Waals surface area (Å²) in [6, 6.07) is 13.4. The van der Waals surface area contributed by atoms with E-state index in [1.807, 2.05) is 0 Å². The molecule has 5 rings (SSSR count). The molecule has 2 N–H and O–H groups in total. The van der Waals surface area contributed by atoms with Crippen molar-refractivity contribution in [2.45, 2.75) is 25.0 Å². The number of aliphatic hydroxyl groups excluding tert-OH is 1. The van der Waals surface area contributed by atoms with E-state index in [4.69, 9.17) is 9.29 Å². The molecule has 0 aromatic heterocycles. The van der Waals surface area contributed by atoms with Crippen molar-refractivity contribution in [3.05, 3.63) is 95.3 Å². The molecule has 0 bridgehead atoms. The Morgan fingerprint density at radius 3 is 2.11 bits per heavy atom. The predicted octanol–water partition coefficient (Wildman–Crippen LogP) is 1.36. The van der Waals surface area contributed by atoms with Crippen molar-refractivity contribution in [1.82, 2.24) is 9.21 Å². The Morgan fingerprint density at radius 2 is 1.55 bits per heavy atom. The summed E-state index contributed by atoms with van der Waals surface area (Å²) in [6.45, 7) is -0.344. The van der Waals surface area contributed by atoms with Crippen LogP contribution in [0.1, 0.15) is 37.5 Å². The van der Waals surface area contributed by atoms with Crippen LogP contribution in [0.3, 0.4) is 0 Å². The molecule has 2 aliphatic rings. The van der Waals surface area contributed by atoms with E-state index in [0.717, 1.165) is 10.4 Å². The number of amides is 2. The molecule has 3 atom stereocenters. The summed E-state index contributed by atoms with van der Waals surface area (Å²) in [5, 5.41) is 10.6. The molecule has 2 aliphatic heterocycles. The van der Waals surface area contributed by atoms with Crippen molar-refractivity contribution in [2.75, 3.05) is 31.1 Å². The Kier molecular flexibility index (Phi) is 10.8. The molecule has 2 saturated heterocycles. The summed E-state index contributed by atoms with van der Waals surface area (Å²) in [7, 11) is -4.38. The maximum absolute atomic E-state index is 15.6. The Hall–Kier alpha value is -2.98. The van der Waals surface area contributed by atoms with Gasteiger partial charge in [0.05, 0.1) is 18.1 Å². The van der Waals surface area contributed by atoms with Crippen LogP contribution < -0.4 is 39.2 Å². The number of hydrogen-bond acceptors (Lipinski definition) is 6. The molecular formula is C29H29F3N3NaO7S. The molecule has 44 heavy (non-hydrogen) atoms. The number of anilines is 1. The van der Waals surface area contributed by atoms with Gasteiger partial charge in [-0.25, -0.2) is 18.0 Å². The fraction of sp³-hybridized carbons (Fsp3) is 0.310. The van der Waals surface area contributed by atoms with Gasteiger partial charge in [-0.1, -0.05) is 18.2 Å². The largest absolute Gasteiger partial charge is 1.00 e. The molecule has 230 valence electrons. The van der Waals surface area contributed by atoms with Crippen LogP contribution in [0.25, 0.3) is 0 Å². The Labute approximate surface area is 275 Å². The van der Waals surface area contributed by atoms with Crippen LogP contribution in [0.5, 0.6) is 5.75 Å². The molecule has 2 heterocycles. The zero-order valence-corrected chi connectivity index (χ0v) is 26.5. The van der Waals surface area contributed by atoms with E-state index in [1.54, 1.807) is 0 Å². The van der Waals surface area contributed by atoms with Gasteiger partial charge in [-0.15, -0.1) is 0 Å². The molecule has 3 aromatic carbocycles. The van der Waals surface area contributed by atoms with Gasteiger partial charge in [0, 0.05) is 43.5 Å². The molecule has 3 aromatic rings. The van der Waals surface area contributed by atoms with Gasteiger partial charge in [0.1, 0.15) is 23.2 Å². The number of halogens is 3. The smallest absolute Gasteiger partial charge is 1.00 e. The van der Waals surface area contributed by atoms with Crippen LogP contribution in [0, 0.1) is 23.4 Å². The molecule has 10 nitrogen and oxygen atoms in total. The topological polar surface area (TPSA) is 128 Å². The summed E-state index contributed by atoms with van der Waals surface area (Å²) in [4.78, 5) is 28.4. The molecule has 0 unspecified atom stereocenters. The minimum absolute atomic E-state index is 0. The van der Waals surface area contributed by atoms with Gasteiger partial charge >= 0.3 is 46.0 Å². The third-order valence-corrected chi connectivity index (χ3v) is 8.66. The normalized spacial score (nSPS) is 19.6. The first-order chi connectivity index (χ1) is 20.4. The van der Waals surface area contributed by atoms with Crippen LogP contribution in [-0.2, 0) is 15.1 Å². The first-order valence-electron chi connectivity index (χ1n) is 13.4. The predicted molar refractivity (Wildman–Crippen MR) is 149 cm³/mol. The Balaban J connectivity index is 0.00000276. The van der Waals surface area contributed by atoms with Crippen molar-refractivity contribution in [1.29, 1.82) is 0 Å². The third kappa shape index (κ3) is 7.45. The van der Waals surface area contributed by atoms with Crippen molar-refractivity contribution < 1.29 is 76.6 Å². The van der Waals surface area contributed by atoms with Crippen molar-refractivity contribution in [2.24, 2.45) is 5.92 Å². The van der Waals surface area contributed by atoms with Gasteiger partial charge in [-0.05, 0) is 60.9 Å². The van der Waals surface area contributed by atoms with Gasteiger partial charge in [0.15, 0.2) is 0 Å². The van der Waals surface area contributed by atoms with E-state index < -0.39 is 51.9 Å². The fourth-order valence-corrected chi connectivity index (χ4v) is 5.97. The first kappa shape index (κ1) is 33.9. The first-order valence-corrected chi connectivity index (χ1v) is 14.8. The zero-order chi connectivity index (χ0) is 30.9. The average molecular weight is 644 g/mol. The molecule has 0 spiro atoms. The number of piperazine rings is 1. The van der Waals surface area contributed by atoms with Gasteiger partial charge in [0.25, 0.3) is 0 Å². The summed E-state index contributed by atoms with van der Waals surface area (Å²) < 4.78 is 80.2. The molecular weight excluding hydrogens is 614 g/mol. The van der Waals surface area contributed by atoms with E-state index in [2.05, 4.69) is 0 Å².